The molecule has 18 heavy (non-hydrogen) atoms. The van der Waals surface area contributed by atoms with Crippen LogP contribution in [0.5, 0.6) is 5.75 Å². The summed E-state index contributed by atoms with van der Waals surface area (Å²) in [5.74, 6) is 0.601. The minimum Gasteiger partial charge on any atom is -0.508 e. The molecule has 1 fully saturated rings. The second kappa shape index (κ2) is 5.42. The third-order valence-electron chi connectivity index (χ3n) is 3.77. The number of nitrogens with zero attached hydrogens (tertiary/aromatic N) is 1. The standard InChI is InChI=1S/C15H21NO2/c1-3-16(15(18)12-6-4-5-7-12)14-10-13(17)9-8-11(14)2/h8-10,12,17H,3-7H2,1-2H3. The molecular weight excluding hydrogens is 226 g/mol. The summed E-state index contributed by atoms with van der Waals surface area (Å²) >= 11 is 0. The topological polar surface area (TPSA) is 40.5 Å². The molecule has 0 aliphatic heterocycles. The van der Waals surface area contributed by atoms with E-state index in [1.165, 1.54) is 0 Å². The molecule has 3 nitrogen and oxygen atoms in total. The fourth-order valence-electron chi connectivity index (χ4n) is 2.73. The van der Waals surface area contributed by atoms with Crippen molar-refractivity contribution in [2.75, 3.05) is 11.4 Å². The van der Waals surface area contributed by atoms with Crippen LogP contribution in [0.2, 0.25) is 0 Å². The third kappa shape index (κ3) is 2.50. The highest BCUT2D eigenvalue weighted by Gasteiger charge is 2.27. The van der Waals surface area contributed by atoms with Crippen LogP contribution in [0.4, 0.5) is 5.69 Å². The second-order valence-corrected chi connectivity index (χ2v) is 5.03. The molecule has 0 heterocycles. The van der Waals surface area contributed by atoms with Crippen molar-refractivity contribution in [3.8, 4) is 5.75 Å². The van der Waals surface area contributed by atoms with Crippen LogP contribution in [-0.2, 0) is 4.79 Å². The fraction of sp³-hybridized carbons (Fsp3) is 0.533. The van der Waals surface area contributed by atoms with Crippen LogP contribution in [0.15, 0.2) is 18.2 Å². The Bertz CT molecular complexity index is 436. The maximum Gasteiger partial charge on any atom is 0.230 e. The Balaban J connectivity index is 2.26. The summed E-state index contributed by atoms with van der Waals surface area (Å²) < 4.78 is 0. The highest BCUT2D eigenvalue weighted by molar-refractivity contribution is 5.96. The van der Waals surface area contributed by atoms with E-state index < -0.39 is 0 Å². The van der Waals surface area contributed by atoms with Crippen molar-refractivity contribution in [3.63, 3.8) is 0 Å². The first kappa shape index (κ1) is 12.9. The van der Waals surface area contributed by atoms with Gasteiger partial charge in [-0.3, -0.25) is 4.79 Å². The van der Waals surface area contributed by atoms with E-state index in [1.807, 2.05) is 24.8 Å². The number of carbonyl (C=O) groups is 1. The lowest BCUT2D eigenvalue weighted by molar-refractivity contribution is -0.122. The van der Waals surface area contributed by atoms with Crippen molar-refractivity contribution in [3.05, 3.63) is 23.8 Å². The van der Waals surface area contributed by atoms with Gasteiger partial charge < -0.3 is 10.0 Å². The summed E-state index contributed by atoms with van der Waals surface area (Å²) in [5.41, 5.74) is 1.87. The number of hydrogen-bond donors (Lipinski definition) is 1. The molecule has 0 atom stereocenters. The van der Waals surface area contributed by atoms with Crippen molar-refractivity contribution in [1.82, 2.24) is 0 Å². The average molecular weight is 247 g/mol. The van der Waals surface area contributed by atoms with Gasteiger partial charge in [0.25, 0.3) is 0 Å². The highest BCUT2D eigenvalue weighted by Crippen LogP contribution is 2.31. The summed E-state index contributed by atoms with van der Waals surface area (Å²) in [6.45, 7) is 4.61. The molecule has 3 heteroatoms. The van der Waals surface area contributed by atoms with Crippen molar-refractivity contribution in [2.24, 2.45) is 5.92 Å². The summed E-state index contributed by atoms with van der Waals surface area (Å²) in [7, 11) is 0. The molecular formula is C15H21NO2. The molecule has 2 rings (SSSR count). The zero-order chi connectivity index (χ0) is 13.1. The van der Waals surface area contributed by atoms with Gasteiger partial charge in [0.05, 0.1) is 5.69 Å². The van der Waals surface area contributed by atoms with Crippen molar-refractivity contribution < 1.29 is 9.90 Å². The number of carbonyl (C=O) groups excluding carboxylic acids is 1. The van der Waals surface area contributed by atoms with E-state index in [0.717, 1.165) is 36.9 Å². The van der Waals surface area contributed by atoms with Crippen molar-refractivity contribution in [1.29, 1.82) is 0 Å². The molecule has 0 spiro atoms. The maximum absolute atomic E-state index is 12.5. The number of hydrogen-bond acceptors (Lipinski definition) is 2. The van der Waals surface area contributed by atoms with Gasteiger partial charge >= 0.3 is 0 Å². The first-order valence-electron chi connectivity index (χ1n) is 6.74. The molecule has 0 unspecified atom stereocenters. The number of phenolic OH excluding ortho intramolecular Hbond substituents is 1. The van der Waals surface area contributed by atoms with E-state index in [9.17, 15) is 9.90 Å². The monoisotopic (exact) mass is 247 g/mol. The molecule has 0 radical (unpaired) electrons. The van der Waals surface area contributed by atoms with Crippen LogP contribution in [0.1, 0.15) is 38.2 Å². The SMILES string of the molecule is CCN(C(=O)C1CCCC1)c1cc(O)ccc1C. The van der Waals surface area contributed by atoms with Gasteiger partial charge in [-0.15, -0.1) is 0 Å². The Morgan fingerprint density at radius 1 is 1.39 bits per heavy atom. The molecule has 1 aliphatic rings. The Kier molecular flexibility index (Phi) is 3.90. The lowest BCUT2D eigenvalue weighted by atomic mass is 10.0. The molecule has 1 aliphatic carbocycles. The molecule has 1 aromatic rings. The summed E-state index contributed by atoms with van der Waals surface area (Å²) in [6.07, 6.45) is 4.33. The largest absolute Gasteiger partial charge is 0.508 e. The summed E-state index contributed by atoms with van der Waals surface area (Å²) in [5, 5.41) is 9.59. The Labute approximate surface area is 108 Å². The molecule has 1 saturated carbocycles. The fourth-order valence-corrected chi connectivity index (χ4v) is 2.73. The number of benzene rings is 1. The molecule has 98 valence electrons. The van der Waals surface area contributed by atoms with Gasteiger partial charge in [-0.05, 0) is 38.3 Å². The van der Waals surface area contributed by atoms with E-state index in [4.69, 9.17) is 0 Å². The van der Waals surface area contributed by atoms with Crippen LogP contribution >= 0.6 is 0 Å². The number of rotatable bonds is 3. The number of aromatic hydroxyl groups is 1. The molecule has 0 saturated heterocycles. The zero-order valence-electron chi connectivity index (χ0n) is 11.1. The minimum atomic E-state index is 0.173. The molecule has 1 aromatic carbocycles. The van der Waals surface area contributed by atoms with E-state index in [-0.39, 0.29) is 17.6 Å². The second-order valence-electron chi connectivity index (χ2n) is 5.03. The van der Waals surface area contributed by atoms with Gasteiger partial charge in [-0.25, -0.2) is 0 Å². The predicted octanol–water partition coefficient (Wildman–Crippen LogP) is 3.24. The van der Waals surface area contributed by atoms with Gasteiger partial charge in [-0.1, -0.05) is 18.9 Å². The number of anilines is 1. The molecule has 1 N–H and O–H groups in total. The number of amides is 1. The Morgan fingerprint density at radius 3 is 2.67 bits per heavy atom. The quantitative estimate of drug-likeness (QED) is 0.890. The van der Waals surface area contributed by atoms with Crippen LogP contribution in [-0.4, -0.2) is 17.6 Å². The van der Waals surface area contributed by atoms with Crippen LogP contribution < -0.4 is 4.90 Å². The van der Waals surface area contributed by atoms with Gasteiger partial charge in [0.1, 0.15) is 5.75 Å². The first-order valence-corrected chi connectivity index (χ1v) is 6.74. The Hall–Kier alpha value is -1.51. The smallest absolute Gasteiger partial charge is 0.230 e. The zero-order valence-corrected chi connectivity index (χ0v) is 11.1. The van der Waals surface area contributed by atoms with E-state index in [0.29, 0.717) is 6.54 Å². The van der Waals surface area contributed by atoms with Crippen molar-refractivity contribution in [2.45, 2.75) is 39.5 Å². The van der Waals surface area contributed by atoms with Crippen LogP contribution in [0.25, 0.3) is 0 Å². The summed E-state index contributed by atoms with van der Waals surface area (Å²) in [4.78, 5) is 14.3. The first-order chi connectivity index (χ1) is 8.63. The Morgan fingerprint density at radius 2 is 2.06 bits per heavy atom. The van der Waals surface area contributed by atoms with E-state index in [1.54, 1.807) is 12.1 Å². The van der Waals surface area contributed by atoms with Crippen LogP contribution in [0.3, 0.4) is 0 Å². The van der Waals surface area contributed by atoms with Gasteiger partial charge in [-0.2, -0.15) is 0 Å². The lowest BCUT2D eigenvalue weighted by Crippen LogP contribution is -2.35. The molecule has 1 amide bonds. The van der Waals surface area contributed by atoms with Crippen molar-refractivity contribution >= 4 is 11.6 Å². The minimum absolute atomic E-state index is 0.173. The van der Waals surface area contributed by atoms with Gasteiger partial charge in [0, 0.05) is 18.5 Å². The third-order valence-corrected chi connectivity index (χ3v) is 3.77. The number of phenols is 1. The number of aryl methyl sites for hydroxylation is 1. The normalized spacial score (nSPS) is 15.9. The lowest BCUT2D eigenvalue weighted by Gasteiger charge is -2.26. The van der Waals surface area contributed by atoms with Gasteiger partial charge in [0.2, 0.25) is 5.91 Å². The predicted molar refractivity (Wildman–Crippen MR) is 72.8 cm³/mol. The van der Waals surface area contributed by atoms with Crippen LogP contribution in [0, 0.1) is 12.8 Å². The van der Waals surface area contributed by atoms with E-state index >= 15 is 0 Å². The van der Waals surface area contributed by atoms with Gasteiger partial charge in [0.15, 0.2) is 0 Å². The average Bonchev–Trinajstić information content (AvgIpc) is 2.88. The molecule has 0 bridgehead atoms. The highest BCUT2D eigenvalue weighted by atomic mass is 16.3. The summed E-state index contributed by atoms with van der Waals surface area (Å²) in [6, 6.07) is 5.20. The van der Waals surface area contributed by atoms with E-state index in [2.05, 4.69) is 0 Å². The maximum atomic E-state index is 12.5. The molecule has 0 aromatic heterocycles.